The molecule has 28 heavy (non-hydrogen) atoms. The van der Waals surface area contributed by atoms with Gasteiger partial charge in [0.25, 0.3) is 5.91 Å². The Morgan fingerprint density at radius 1 is 0.964 bits per heavy atom. The quantitative estimate of drug-likeness (QED) is 0.671. The minimum atomic E-state index is -0.785. The van der Waals surface area contributed by atoms with Crippen LogP contribution in [0.5, 0.6) is 11.5 Å². The summed E-state index contributed by atoms with van der Waals surface area (Å²) in [5.74, 6) is -0.842. The summed E-state index contributed by atoms with van der Waals surface area (Å²) in [7, 11) is 2.99. The van der Waals surface area contributed by atoms with E-state index in [0.717, 1.165) is 18.5 Å². The number of aromatic nitrogens is 2. The molecule has 9 heteroatoms. The number of nitrogens with zero attached hydrogens (tertiary/aromatic N) is 2. The van der Waals surface area contributed by atoms with Crippen molar-refractivity contribution in [1.82, 2.24) is 9.97 Å². The molecule has 0 aliphatic rings. The van der Waals surface area contributed by atoms with E-state index < -0.39 is 17.5 Å². The fourth-order valence-corrected chi connectivity index (χ4v) is 2.37. The molecule has 0 spiro atoms. The number of benzene rings is 2. The van der Waals surface area contributed by atoms with Crippen LogP contribution in [0.4, 0.5) is 26.0 Å². The lowest BCUT2D eigenvalue weighted by molar-refractivity contribution is 0.102. The van der Waals surface area contributed by atoms with E-state index in [-0.39, 0.29) is 17.2 Å². The van der Waals surface area contributed by atoms with Crippen LogP contribution in [0.15, 0.2) is 48.8 Å². The number of amides is 1. The van der Waals surface area contributed by atoms with Gasteiger partial charge in [-0.25, -0.2) is 18.7 Å². The molecule has 1 amide bonds. The molecule has 0 saturated heterocycles. The lowest BCUT2D eigenvalue weighted by Gasteiger charge is -2.12. The Morgan fingerprint density at radius 2 is 1.75 bits per heavy atom. The molecular weight excluding hydrogens is 370 g/mol. The Labute approximate surface area is 159 Å². The molecule has 2 N–H and O–H groups in total. The first-order valence-electron chi connectivity index (χ1n) is 8.07. The first-order chi connectivity index (χ1) is 13.5. The number of anilines is 3. The van der Waals surface area contributed by atoms with Gasteiger partial charge in [0.05, 0.1) is 25.6 Å². The smallest absolute Gasteiger partial charge is 0.274 e. The van der Waals surface area contributed by atoms with Crippen molar-refractivity contribution in [3.63, 3.8) is 0 Å². The van der Waals surface area contributed by atoms with Crippen LogP contribution < -0.4 is 20.1 Å². The number of carbonyl (C=O) groups excluding carboxylic acids is 1. The van der Waals surface area contributed by atoms with Gasteiger partial charge in [0.15, 0.2) is 0 Å². The summed E-state index contributed by atoms with van der Waals surface area (Å²) in [5, 5.41) is 5.36. The van der Waals surface area contributed by atoms with Crippen molar-refractivity contribution in [2.24, 2.45) is 0 Å². The summed E-state index contributed by atoms with van der Waals surface area (Å²) in [6, 6.07) is 9.35. The van der Waals surface area contributed by atoms with Crippen molar-refractivity contribution in [3.8, 4) is 11.5 Å². The number of hydrogen-bond donors (Lipinski definition) is 2. The van der Waals surface area contributed by atoms with Gasteiger partial charge in [-0.3, -0.25) is 4.79 Å². The minimum absolute atomic E-state index is 0.0169. The topological polar surface area (TPSA) is 85.4 Å². The summed E-state index contributed by atoms with van der Waals surface area (Å²) in [4.78, 5) is 20.4. The first kappa shape index (κ1) is 19.0. The molecular formula is C19H16F2N4O3. The van der Waals surface area contributed by atoms with Crippen LogP contribution in [0, 0.1) is 11.6 Å². The highest BCUT2D eigenvalue weighted by atomic mass is 19.1. The molecule has 3 rings (SSSR count). The summed E-state index contributed by atoms with van der Waals surface area (Å²) in [6.45, 7) is 0. The maximum Gasteiger partial charge on any atom is 0.274 e. The first-order valence-corrected chi connectivity index (χ1v) is 8.07. The summed E-state index contributed by atoms with van der Waals surface area (Å²) in [5.41, 5.74) is 0.479. The van der Waals surface area contributed by atoms with Crippen molar-refractivity contribution in [2.45, 2.75) is 0 Å². The van der Waals surface area contributed by atoms with Gasteiger partial charge < -0.3 is 20.1 Å². The highest BCUT2D eigenvalue weighted by Crippen LogP contribution is 2.29. The minimum Gasteiger partial charge on any atom is -0.497 e. The third kappa shape index (κ3) is 4.32. The lowest BCUT2D eigenvalue weighted by Crippen LogP contribution is -2.15. The molecule has 0 atom stereocenters. The maximum absolute atomic E-state index is 13.8. The predicted octanol–water partition coefficient (Wildman–Crippen LogP) is 3.77. The van der Waals surface area contributed by atoms with Gasteiger partial charge in [0.2, 0.25) is 0 Å². The molecule has 0 saturated carbocycles. The predicted molar refractivity (Wildman–Crippen MR) is 99.2 cm³/mol. The van der Waals surface area contributed by atoms with E-state index in [2.05, 4.69) is 20.6 Å². The molecule has 1 aromatic heterocycles. The molecule has 7 nitrogen and oxygen atoms in total. The average Bonchev–Trinajstić information content (AvgIpc) is 2.70. The summed E-state index contributed by atoms with van der Waals surface area (Å²) in [6.07, 6.45) is 1.16. The molecule has 2 aromatic carbocycles. The fraction of sp³-hybridized carbons (Fsp3) is 0.105. The highest BCUT2D eigenvalue weighted by molar-refractivity contribution is 6.04. The van der Waals surface area contributed by atoms with E-state index >= 15 is 0 Å². The number of methoxy groups -OCH3 is 2. The number of rotatable bonds is 6. The van der Waals surface area contributed by atoms with Crippen LogP contribution in [0.25, 0.3) is 0 Å². The largest absolute Gasteiger partial charge is 0.497 e. The number of halogens is 2. The second-order valence-electron chi connectivity index (χ2n) is 5.56. The highest BCUT2D eigenvalue weighted by Gasteiger charge is 2.14. The summed E-state index contributed by atoms with van der Waals surface area (Å²) < 4.78 is 37.1. The molecule has 0 bridgehead atoms. The van der Waals surface area contributed by atoms with Gasteiger partial charge in [-0.15, -0.1) is 0 Å². The van der Waals surface area contributed by atoms with Gasteiger partial charge in [0.1, 0.15) is 41.0 Å². The van der Waals surface area contributed by atoms with Crippen molar-refractivity contribution >= 4 is 23.1 Å². The second kappa shape index (κ2) is 8.30. The van der Waals surface area contributed by atoms with Crippen molar-refractivity contribution in [3.05, 3.63) is 66.1 Å². The van der Waals surface area contributed by atoms with Crippen LogP contribution in [0.3, 0.4) is 0 Å². The Hall–Kier alpha value is -3.75. The number of carbonyl (C=O) groups is 1. The SMILES string of the molecule is COc1ccc(NC(=O)c2cc(Nc3ccc(F)cc3F)ncn2)c(OC)c1. The van der Waals surface area contributed by atoms with Crippen molar-refractivity contribution in [2.75, 3.05) is 24.9 Å². The lowest BCUT2D eigenvalue weighted by atomic mass is 10.2. The van der Waals surface area contributed by atoms with Crippen LogP contribution in [-0.4, -0.2) is 30.1 Å². The van der Waals surface area contributed by atoms with Gasteiger partial charge in [0, 0.05) is 18.2 Å². The molecule has 0 radical (unpaired) electrons. The Kier molecular flexibility index (Phi) is 5.64. The van der Waals surface area contributed by atoms with E-state index in [9.17, 15) is 13.6 Å². The molecule has 0 unspecified atom stereocenters. The number of hydrogen-bond acceptors (Lipinski definition) is 6. The zero-order valence-corrected chi connectivity index (χ0v) is 15.0. The zero-order chi connectivity index (χ0) is 20.1. The van der Waals surface area contributed by atoms with Crippen molar-refractivity contribution < 1.29 is 23.0 Å². The fourth-order valence-electron chi connectivity index (χ4n) is 2.37. The third-order valence-corrected chi connectivity index (χ3v) is 3.75. The van der Waals surface area contributed by atoms with E-state index in [1.807, 2.05) is 0 Å². The number of nitrogens with one attached hydrogen (secondary N) is 2. The zero-order valence-electron chi connectivity index (χ0n) is 15.0. The van der Waals surface area contributed by atoms with Gasteiger partial charge in [-0.2, -0.15) is 0 Å². The molecule has 0 aliphatic carbocycles. The van der Waals surface area contributed by atoms with Crippen molar-refractivity contribution in [1.29, 1.82) is 0 Å². The van der Waals surface area contributed by atoms with E-state index in [0.29, 0.717) is 17.2 Å². The van der Waals surface area contributed by atoms with E-state index in [1.165, 1.54) is 26.4 Å². The monoisotopic (exact) mass is 386 g/mol. The van der Waals surface area contributed by atoms with Crippen LogP contribution >= 0.6 is 0 Å². The summed E-state index contributed by atoms with van der Waals surface area (Å²) >= 11 is 0. The third-order valence-electron chi connectivity index (χ3n) is 3.75. The van der Waals surface area contributed by atoms with Gasteiger partial charge >= 0.3 is 0 Å². The van der Waals surface area contributed by atoms with Crippen LogP contribution in [0.2, 0.25) is 0 Å². The maximum atomic E-state index is 13.8. The van der Waals surface area contributed by atoms with Crippen LogP contribution in [-0.2, 0) is 0 Å². The molecule has 0 fully saturated rings. The van der Waals surface area contributed by atoms with Crippen LogP contribution in [0.1, 0.15) is 10.5 Å². The average molecular weight is 386 g/mol. The molecule has 144 valence electrons. The second-order valence-corrected chi connectivity index (χ2v) is 5.56. The normalized spacial score (nSPS) is 10.3. The van der Waals surface area contributed by atoms with Gasteiger partial charge in [-0.1, -0.05) is 0 Å². The van der Waals surface area contributed by atoms with E-state index in [1.54, 1.807) is 18.2 Å². The van der Waals surface area contributed by atoms with E-state index in [4.69, 9.17) is 9.47 Å². The standard InChI is InChI=1S/C19H16F2N4O3/c1-27-12-4-6-15(17(8-12)28-2)25-19(26)16-9-18(23-10-22-16)24-14-5-3-11(20)7-13(14)21/h3-10H,1-2H3,(H,25,26)(H,22,23,24). The number of ether oxygens (including phenoxy) is 2. The van der Waals surface area contributed by atoms with Gasteiger partial charge in [-0.05, 0) is 24.3 Å². The Morgan fingerprint density at radius 3 is 2.46 bits per heavy atom. The molecule has 3 aromatic rings. The molecule has 0 aliphatic heterocycles. The Balaban J connectivity index is 1.79. The molecule has 1 heterocycles. The Bertz CT molecular complexity index is 1010.